The van der Waals surface area contributed by atoms with Crippen LogP contribution in [0, 0.1) is 0 Å². The molecule has 0 fully saturated rings. The van der Waals surface area contributed by atoms with Gasteiger partial charge in [-0.3, -0.25) is 14.0 Å². The highest BCUT2D eigenvalue weighted by atomic mass is 35.5. The van der Waals surface area contributed by atoms with E-state index in [1.54, 1.807) is 65.5 Å². The summed E-state index contributed by atoms with van der Waals surface area (Å²) in [5.41, 5.74) is 11.6. The third kappa shape index (κ3) is 13.3. The van der Waals surface area contributed by atoms with Gasteiger partial charge in [-0.25, -0.2) is 18.9 Å². The average Bonchev–Trinajstić information content (AvgIpc) is 1.64. The minimum absolute atomic E-state index is 0. The first kappa shape index (κ1) is 68.5. The molecule has 6 aromatic carbocycles. The number of halogens is 6. The minimum Gasteiger partial charge on any atom is -0.380 e. The largest absolute Gasteiger partial charge is 0.380 e. The molecule has 12 rings (SSSR count). The minimum atomic E-state index is -4.00. The van der Waals surface area contributed by atoms with Crippen LogP contribution in [0.2, 0.25) is 48.3 Å². The van der Waals surface area contributed by atoms with E-state index < -0.39 is 30.5 Å². The monoisotopic (exact) mass is 1380 g/mol. The zero-order valence-corrected chi connectivity index (χ0v) is 57.3. The Kier molecular flexibility index (Phi) is 20.6. The van der Waals surface area contributed by atoms with Gasteiger partial charge < -0.3 is 24.9 Å². The van der Waals surface area contributed by atoms with E-state index in [9.17, 15) is 18.6 Å². The first-order valence-corrected chi connectivity index (χ1v) is 35.0. The first-order valence-electron chi connectivity index (χ1n) is 28.3. The standard InChI is InChI=1S/C26H33Cl2N5O3SSi.C20H18Cl2N4O.C18H14Cl2N4O.CH4/c1-26(2,3)38(7,8)25-29-15-21(33(25)37(35,36)31(4)5)24(34)23-19-11-9-10-18(22(19)30-32(23)6)17-13-12-16(27)14-20(17)28;1-3-27-20(17-10-23-11-24-17)19-15-6-4-5-14(18(15)25-26(19)2)13-8-7-12(21)9-16(13)22;1-24-17(18(25)15-8-21-9-22-15)13-4-2-3-12(16(13)23-24)11-6-5-10(19)7-14(11)20;/h9-15,24,34H,1-8H3;4-11,20H,3H2,1-2H3,(H,23,24);2-9,18,25H,1H3,(H,21,22);1H4. The summed E-state index contributed by atoms with van der Waals surface area (Å²) in [6.45, 7) is 13.0. The fourth-order valence-electron chi connectivity index (χ4n) is 10.7. The molecule has 4 N–H and O–H groups in total. The van der Waals surface area contributed by atoms with Crippen LogP contribution in [0.5, 0.6) is 0 Å². The second kappa shape index (κ2) is 27.4. The Morgan fingerprint density at radius 2 is 0.978 bits per heavy atom. The molecule has 0 saturated heterocycles. The molecule has 12 aromatic rings. The van der Waals surface area contributed by atoms with Crippen LogP contribution in [-0.2, 0) is 36.1 Å². The van der Waals surface area contributed by atoms with Crippen molar-refractivity contribution in [2.75, 3.05) is 20.7 Å². The van der Waals surface area contributed by atoms with Crippen molar-refractivity contribution in [1.29, 1.82) is 0 Å². The second-order valence-corrected chi connectivity index (χ2v) is 32.8. The van der Waals surface area contributed by atoms with E-state index >= 15 is 0 Å². The average molecular weight is 1390 g/mol. The normalized spacial score (nSPS) is 13.1. The van der Waals surface area contributed by atoms with Gasteiger partial charge in [0, 0.05) is 122 Å². The smallest absolute Gasteiger partial charge is 0.308 e. The number of nitrogens with zero attached hydrogens (tertiary/aromatic N) is 11. The molecule has 0 bridgehead atoms. The summed E-state index contributed by atoms with van der Waals surface area (Å²) in [4.78, 5) is 18.8. The van der Waals surface area contributed by atoms with Gasteiger partial charge in [0.15, 0.2) is 0 Å². The number of rotatable bonds is 14. The number of H-pyrrole nitrogens is 2. The fraction of sp³-hybridized carbons (Fsp3) is 0.262. The Bertz CT molecular complexity index is 4710. The number of aryl methyl sites for hydroxylation is 3. The number of fused-ring (bicyclic) bond motifs is 3. The predicted molar refractivity (Wildman–Crippen MR) is 371 cm³/mol. The summed E-state index contributed by atoms with van der Waals surface area (Å²) in [5, 5.41) is 42.3. The van der Waals surface area contributed by atoms with Crippen LogP contribution in [0.15, 0.2) is 140 Å². The van der Waals surface area contributed by atoms with Gasteiger partial charge in [-0.2, -0.15) is 28.0 Å². The number of aromatic nitrogens is 12. The van der Waals surface area contributed by atoms with Gasteiger partial charge in [-0.1, -0.05) is 184 Å². The molecule has 91 heavy (non-hydrogen) atoms. The highest BCUT2D eigenvalue weighted by molar-refractivity contribution is 7.87. The number of aliphatic hydroxyl groups is 2. The lowest BCUT2D eigenvalue weighted by Crippen LogP contribution is -2.56. The van der Waals surface area contributed by atoms with Crippen molar-refractivity contribution < 1.29 is 23.4 Å². The van der Waals surface area contributed by atoms with E-state index in [1.807, 2.05) is 105 Å². The summed E-state index contributed by atoms with van der Waals surface area (Å²) in [7, 11) is 1.97. The lowest BCUT2D eigenvalue weighted by Gasteiger charge is -2.36. The molecule has 0 radical (unpaired) electrons. The van der Waals surface area contributed by atoms with Crippen molar-refractivity contribution in [3.05, 3.63) is 205 Å². The Labute approximate surface area is 559 Å². The number of imidazole rings is 3. The number of hydrogen-bond acceptors (Lipinski definition) is 11. The van der Waals surface area contributed by atoms with Crippen LogP contribution in [0.1, 0.15) is 87.6 Å². The molecule has 26 heteroatoms. The van der Waals surface area contributed by atoms with Gasteiger partial charge in [0.05, 0.1) is 65.4 Å². The van der Waals surface area contributed by atoms with Crippen LogP contribution < -0.4 is 5.45 Å². The highest BCUT2D eigenvalue weighted by Gasteiger charge is 2.45. The Morgan fingerprint density at radius 3 is 1.35 bits per heavy atom. The SMILES string of the molecule is C.CCOC(c1cnc[nH]1)c1c2cccc(-c3ccc(Cl)cc3Cl)c2nn1C.CN(C)S(=O)(=O)n1c(C(O)c2c3cccc(-c4ccc(Cl)cc4Cl)c3nn2C)cnc1[Si](C)(C)C(C)(C)C.Cn1nc2c(-c3ccc(Cl)cc3Cl)cccc2c1C(O)c1cnc[nH]1. The number of hydrogen-bond donors (Lipinski definition) is 4. The summed E-state index contributed by atoms with van der Waals surface area (Å²) in [5.74, 6) is 0. The molecular weight excluding hydrogens is 1320 g/mol. The molecule has 3 atom stereocenters. The van der Waals surface area contributed by atoms with E-state index in [2.05, 4.69) is 63.9 Å². The second-order valence-electron chi connectivity index (χ2n) is 23.1. The molecule has 3 unspecified atom stereocenters. The zero-order chi connectivity index (χ0) is 64.9. The Hall–Kier alpha value is -6.89. The molecule has 0 amide bonds. The van der Waals surface area contributed by atoms with E-state index in [4.69, 9.17) is 84.5 Å². The topological polar surface area (TPSA) is 216 Å². The van der Waals surface area contributed by atoms with Crippen molar-refractivity contribution in [2.45, 2.75) is 71.6 Å². The van der Waals surface area contributed by atoms with Gasteiger partial charge in [0.1, 0.15) is 48.4 Å². The van der Waals surface area contributed by atoms with Crippen molar-refractivity contribution in [2.24, 2.45) is 21.1 Å². The van der Waals surface area contributed by atoms with Crippen molar-refractivity contribution in [3.8, 4) is 33.4 Å². The summed E-state index contributed by atoms with van der Waals surface area (Å²) < 4.78 is 40.8. The summed E-state index contributed by atoms with van der Waals surface area (Å²) in [6.07, 6.45) is 5.58. The van der Waals surface area contributed by atoms with Crippen molar-refractivity contribution in [3.63, 3.8) is 0 Å². The predicted octanol–water partition coefficient (Wildman–Crippen LogP) is 15.6. The van der Waals surface area contributed by atoms with Gasteiger partial charge in [-0.05, 0) is 48.4 Å². The van der Waals surface area contributed by atoms with E-state index in [-0.39, 0.29) is 24.3 Å². The zero-order valence-electron chi connectivity index (χ0n) is 50.9. The summed E-state index contributed by atoms with van der Waals surface area (Å²) in [6, 6.07) is 33.6. The maximum absolute atomic E-state index is 13.6. The fourth-order valence-corrected chi connectivity index (χ4v) is 16.0. The number of aromatic amines is 2. The Balaban J connectivity index is 0.000000165. The van der Waals surface area contributed by atoms with Crippen LogP contribution in [0.4, 0.5) is 0 Å². The van der Waals surface area contributed by atoms with Gasteiger partial charge in [0.25, 0.3) is 0 Å². The molecular formula is C65H69Cl6N13O5SSi. The lowest BCUT2D eigenvalue weighted by atomic mass is 10.0. The Morgan fingerprint density at radius 1 is 0.582 bits per heavy atom. The number of ether oxygens (including phenoxy) is 1. The van der Waals surface area contributed by atoms with Crippen molar-refractivity contribution >= 4 is 126 Å². The highest BCUT2D eigenvalue weighted by Crippen LogP contribution is 2.43. The van der Waals surface area contributed by atoms with Crippen molar-refractivity contribution in [1.82, 2.24) is 62.5 Å². The molecule has 0 spiro atoms. The van der Waals surface area contributed by atoms with E-state index in [1.165, 1.54) is 30.6 Å². The van der Waals surface area contributed by atoms with Crippen LogP contribution in [0.3, 0.4) is 0 Å². The molecule has 0 aliphatic carbocycles. The number of nitrogens with one attached hydrogen (secondary N) is 2. The molecule has 0 saturated carbocycles. The van der Waals surface area contributed by atoms with Gasteiger partial charge >= 0.3 is 10.2 Å². The maximum Gasteiger partial charge on any atom is 0.308 e. The van der Waals surface area contributed by atoms with Gasteiger partial charge in [0.2, 0.25) is 0 Å². The summed E-state index contributed by atoms with van der Waals surface area (Å²) >= 11 is 37.5. The molecule has 6 aromatic heterocycles. The van der Waals surface area contributed by atoms with E-state index in [0.717, 1.165) is 70.9 Å². The van der Waals surface area contributed by atoms with Gasteiger partial charge in [-0.15, -0.1) is 0 Å². The lowest BCUT2D eigenvalue weighted by molar-refractivity contribution is 0.0839. The van der Waals surface area contributed by atoms with E-state index in [0.29, 0.717) is 70.2 Å². The molecule has 0 aliphatic rings. The molecule has 476 valence electrons. The third-order valence-corrected chi connectivity index (χ3v) is 25.1. The van der Waals surface area contributed by atoms with Crippen LogP contribution in [-0.4, -0.2) is 110 Å². The van der Waals surface area contributed by atoms with Crippen LogP contribution in [0.25, 0.3) is 66.1 Å². The quantitative estimate of drug-likeness (QED) is 0.0751. The van der Waals surface area contributed by atoms with Crippen LogP contribution >= 0.6 is 69.6 Å². The maximum atomic E-state index is 13.6. The number of aliphatic hydroxyl groups excluding tert-OH is 2. The number of benzene rings is 6. The third-order valence-electron chi connectivity index (χ3n) is 16.3. The molecule has 18 nitrogen and oxygen atoms in total. The molecule has 6 heterocycles. The first-order chi connectivity index (χ1) is 42.7. The molecule has 0 aliphatic heterocycles.